The van der Waals surface area contributed by atoms with Crippen LogP contribution in [0.4, 0.5) is 13.2 Å². The Morgan fingerprint density at radius 2 is 1.61 bits per heavy atom. The van der Waals surface area contributed by atoms with Crippen molar-refractivity contribution < 1.29 is 31.5 Å². The van der Waals surface area contributed by atoms with E-state index in [2.05, 4.69) is 0 Å². The van der Waals surface area contributed by atoms with E-state index in [9.17, 15) is 26.4 Å². The van der Waals surface area contributed by atoms with Gasteiger partial charge in [-0.2, -0.15) is 17.5 Å². The summed E-state index contributed by atoms with van der Waals surface area (Å²) in [5, 5.41) is 9.07. The third kappa shape index (κ3) is 5.93. The largest absolute Gasteiger partial charge is 0.481 e. The number of rotatable bonds is 6. The summed E-state index contributed by atoms with van der Waals surface area (Å²) in [4.78, 5) is 13.2. The summed E-state index contributed by atoms with van der Waals surface area (Å²) in [5.41, 5.74) is 1.09. The normalized spacial score (nSPS) is 20.7. The van der Waals surface area contributed by atoms with Gasteiger partial charge in [0.15, 0.2) is 0 Å². The molecule has 2 atom stereocenters. The summed E-state index contributed by atoms with van der Waals surface area (Å²) >= 11 is 0. The Labute approximate surface area is 191 Å². The third-order valence-electron chi connectivity index (χ3n) is 5.64. The number of aryl methyl sites for hydroxylation is 1. The van der Waals surface area contributed by atoms with Crippen LogP contribution >= 0.6 is 0 Å². The number of piperazine rings is 1. The molecule has 0 radical (unpaired) electrons. The molecule has 0 amide bonds. The minimum atomic E-state index is -4.39. The number of halogens is 3. The molecular formula is C23H27F3N2O4S. The van der Waals surface area contributed by atoms with Gasteiger partial charge in [-0.3, -0.25) is 9.69 Å². The van der Waals surface area contributed by atoms with E-state index in [0.717, 1.165) is 17.7 Å². The van der Waals surface area contributed by atoms with Crippen molar-refractivity contribution in [1.82, 2.24) is 9.21 Å². The molecule has 1 aliphatic rings. The van der Waals surface area contributed by atoms with Crippen molar-refractivity contribution in [2.75, 3.05) is 13.1 Å². The number of sulfonamides is 1. The quantitative estimate of drug-likeness (QED) is 0.673. The van der Waals surface area contributed by atoms with Gasteiger partial charge in [-0.05, 0) is 61.7 Å². The summed E-state index contributed by atoms with van der Waals surface area (Å²) in [7, 11) is -3.87. The minimum absolute atomic E-state index is 0.0636. The molecule has 6 nitrogen and oxygen atoms in total. The van der Waals surface area contributed by atoms with E-state index in [4.69, 9.17) is 5.11 Å². The van der Waals surface area contributed by atoms with E-state index in [1.807, 2.05) is 4.90 Å². The number of carbonyl (C=O) groups is 1. The Hall–Kier alpha value is -2.43. The van der Waals surface area contributed by atoms with E-state index in [-0.39, 0.29) is 23.4 Å². The highest BCUT2D eigenvalue weighted by molar-refractivity contribution is 7.89. The zero-order valence-electron chi connectivity index (χ0n) is 18.6. The average Bonchev–Trinajstić information content (AvgIpc) is 2.66. The van der Waals surface area contributed by atoms with Gasteiger partial charge in [0.2, 0.25) is 10.0 Å². The lowest BCUT2D eigenvalue weighted by Gasteiger charge is -2.43. The molecule has 0 unspecified atom stereocenters. The monoisotopic (exact) mass is 484 g/mol. The van der Waals surface area contributed by atoms with Gasteiger partial charge in [0.1, 0.15) is 0 Å². The smallest absolute Gasteiger partial charge is 0.416 e. The highest BCUT2D eigenvalue weighted by Gasteiger charge is 2.38. The van der Waals surface area contributed by atoms with Gasteiger partial charge in [0, 0.05) is 31.7 Å². The summed E-state index contributed by atoms with van der Waals surface area (Å²) in [6.45, 7) is 6.55. The lowest BCUT2D eigenvalue weighted by Crippen LogP contribution is -2.58. The number of alkyl halides is 3. The van der Waals surface area contributed by atoms with Gasteiger partial charge >= 0.3 is 12.1 Å². The Kier molecular flexibility index (Phi) is 7.21. The molecule has 1 N–H and O–H groups in total. The van der Waals surface area contributed by atoms with Gasteiger partial charge in [-0.15, -0.1) is 0 Å². The summed E-state index contributed by atoms with van der Waals surface area (Å²) in [5.74, 6) is -1.04. The van der Waals surface area contributed by atoms with Crippen LogP contribution in [0.3, 0.4) is 0 Å². The molecule has 0 saturated carbocycles. The SMILES string of the molecule is Cc1cc(CC(=O)O)cc(S(=O)(=O)N2[C@H](C)CN(Cc3ccc(C(F)(F)F)cc3)C[C@@H]2C)c1. The minimum Gasteiger partial charge on any atom is -0.481 e. The number of aliphatic carboxylic acids is 1. The van der Waals surface area contributed by atoms with Crippen LogP contribution in [-0.4, -0.2) is 53.9 Å². The maximum atomic E-state index is 13.4. The molecule has 0 aliphatic carbocycles. The molecule has 0 bridgehead atoms. The molecule has 180 valence electrons. The molecule has 1 saturated heterocycles. The van der Waals surface area contributed by atoms with Crippen LogP contribution < -0.4 is 0 Å². The first-order valence-electron chi connectivity index (χ1n) is 10.5. The van der Waals surface area contributed by atoms with E-state index >= 15 is 0 Å². The van der Waals surface area contributed by atoms with Crippen LogP contribution in [0, 0.1) is 6.92 Å². The number of carboxylic acids is 1. The van der Waals surface area contributed by atoms with Crippen LogP contribution in [-0.2, 0) is 34.0 Å². The Morgan fingerprint density at radius 1 is 1.03 bits per heavy atom. The second-order valence-electron chi connectivity index (χ2n) is 8.65. The summed E-state index contributed by atoms with van der Waals surface area (Å²) < 4.78 is 66.7. The fourth-order valence-corrected chi connectivity index (χ4v) is 6.41. The number of nitrogens with zero attached hydrogens (tertiary/aromatic N) is 2. The van der Waals surface area contributed by atoms with Gasteiger partial charge in [0.25, 0.3) is 0 Å². The predicted molar refractivity (Wildman–Crippen MR) is 117 cm³/mol. The van der Waals surface area contributed by atoms with Crippen LogP contribution in [0.5, 0.6) is 0 Å². The molecule has 3 rings (SSSR count). The van der Waals surface area contributed by atoms with E-state index in [1.54, 1.807) is 26.8 Å². The molecule has 1 fully saturated rings. The van der Waals surface area contributed by atoms with Gasteiger partial charge in [-0.25, -0.2) is 8.42 Å². The van der Waals surface area contributed by atoms with E-state index in [0.29, 0.717) is 30.8 Å². The molecular weight excluding hydrogens is 457 g/mol. The van der Waals surface area contributed by atoms with Crippen LogP contribution in [0.15, 0.2) is 47.4 Å². The second kappa shape index (κ2) is 9.44. The average molecular weight is 485 g/mol. The first-order valence-corrected chi connectivity index (χ1v) is 12.0. The van der Waals surface area contributed by atoms with Crippen molar-refractivity contribution in [2.45, 2.75) is 56.9 Å². The third-order valence-corrected chi connectivity index (χ3v) is 7.75. The second-order valence-corrected chi connectivity index (χ2v) is 10.5. The fourth-order valence-electron chi connectivity index (χ4n) is 4.45. The van der Waals surface area contributed by atoms with Crippen molar-refractivity contribution in [3.63, 3.8) is 0 Å². The first kappa shape index (κ1) is 25.2. The van der Waals surface area contributed by atoms with Gasteiger partial charge in [-0.1, -0.05) is 18.2 Å². The molecule has 33 heavy (non-hydrogen) atoms. The maximum absolute atomic E-state index is 13.4. The predicted octanol–water partition coefficient (Wildman–Crippen LogP) is 3.92. The molecule has 1 aliphatic heterocycles. The lowest BCUT2D eigenvalue weighted by molar-refractivity contribution is -0.138. The Bertz CT molecular complexity index is 1110. The highest BCUT2D eigenvalue weighted by atomic mass is 32.2. The number of benzene rings is 2. The highest BCUT2D eigenvalue weighted by Crippen LogP contribution is 2.30. The summed E-state index contributed by atoms with van der Waals surface area (Å²) in [6.07, 6.45) is -4.65. The Morgan fingerprint density at radius 3 is 2.12 bits per heavy atom. The number of hydrogen-bond donors (Lipinski definition) is 1. The lowest BCUT2D eigenvalue weighted by atomic mass is 10.1. The first-order chi connectivity index (χ1) is 15.3. The van der Waals surface area contributed by atoms with Gasteiger partial charge in [0.05, 0.1) is 16.9 Å². The van der Waals surface area contributed by atoms with Crippen molar-refractivity contribution in [2.24, 2.45) is 0 Å². The number of carboxylic acid groups (broad SMARTS) is 1. The fraction of sp³-hybridized carbons (Fsp3) is 0.435. The van der Waals surface area contributed by atoms with Crippen molar-refractivity contribution >= 4 is 16.0 Å². The van der Waals surface area contributed by atoms with Crippen molar-refractivity contribution in [3.8, 4) is 0 Å². The van der Waals surface area contributed by atoms with Crippen LogP contribution in [0.2, 0.25) is 0 Å². The standard InChI is InChI=1S/C23H27F3N2O4S/c1-15-8-19(11-22(29)30)10-21(9-15)33(31,32)28-16(2)12-27(13-17(28)3)14-18-4-6-20(7-5-18)23(24,25)26/h4-10,16-17H,11-14H2,1-3H3,(H,29,30)/t16-,17+. The maximum Gasteiger partial charge on any atom is 0.416 e. The van der Waals surface area contributed by atoms with E-state index in [1.165, 1.54) is 28.6 Å². The van der Waals surface area contributed by atoms with Crippen LogP contribution in [0.1, 0.15) is 36.1 Å². The molecule has 2 aromatic rings. The van der Waals surface area contributed by atoms with Crippen LogP contribution in [0.25, 0.3) is 0 Å². The molecule has 0 spiro atoms. The van der Waals surface area contributed by atoms with Gasteiger partial charge < -0.3 is 5.11 Å². The molecule has 1 heterocycles. The molecule has 2 aromatic carbocycles. The molecule has 0 aromatic heterocycles. The molecule has 10 heteroatoms. The summed E-state index contributed by atoms with van der Waals surface area (Å²) in [6, 6.07) is 8.83. The zero-order chi connectivity index (χ0) is 24.6. The van der Waals surface area contributed by atoms with Crippen molar-refractivity contribution in [1.29, 1.82) is 0 Å². The zero-order valence-corrected chi connectivity index (χ0v) is 19.4. The Balaban J connectivity index is 1.77. The van der Waals surface area contributed by atoms with E-state index < -0.39 is 27.7 Å². The topological polar surface area (TPSA) is 77.9 Å². The van der Waals surface area contributed by atoms with Crippen molar-refractivity contribution in [3.05, 3.63) is 64.7 Å². The number of hydrogen-bond acceptors (Lipinski definition) is 4.